The van der Waals surface area contributed by atoms with Gasteiger partial charge in [-0.15, -0.1) is 13.2 Å². The molecule has 0 saturated carbocycles. The maximum Gasteiger partial charge on any atom is 0.573 e. The Morgan fingerprint density at radius 3 is 2.48 bits per heavy atom. The van der Waals surface area contributed by atoms with E-state index < -0.39 is 22.1 Å². The molecule has 0 radical (unpaired) electrons. The van der Waals surface area contributed by atoms with Crippen molar-refractivity contribution in [1.29, 1.82) is 0 Å². The van der Waals surface area contributed by atoms with Gasteiger partial charge in [-0.2, -0.15) is 0 Å². The average Bonchev–Trinajstić information content (AvgIpc) is 2.32. The van der Waals surface area contributed by atoms with Gasteiger partial charge in [0.05, 0.1) is 4.90 Å². The summed E-state index contributed by atoms with van der Waals surface area (Å²) in [5, 5.41) is 2.87. The zero-order valence-electron chi connectivity index (χ0n) is 11.0. The molecular weight excluding hydrogens is 377 g/mol. The van der Waals surface area contributed by atoms with E-state index >= 15 is 0 Å². The molecule has 0 aliphatic heterocycles. The second kappa shape index (κ2) is 7.43. The summed E-state index contributed by atoms with van der Waals surface area (Å²) in [6.07, 6.45) is -4.24. The molecule has 1 aromatic carbocycles. The molecule has 0 aliphatic rings. The molecule has 0 heterocycles. The minimum Gasteiger partial charge on any atom is -0.406 e. The van der Waals surface area contributed by atoms with Crippen LogP contribution < -0.4 is 14.8 Å². The quantitative estimate of drug-likeness (QED) is 0.700. The van der Waals surface area contributed by atoms with E-state index in [2.05, 4.69) is 30.7 Å². The van der Waals surface area contributed by atoms with Crippen LogP contribution in [-0.4, -0.2) is 34.9 Å². The van der Waals surface area contributed by atoms with Crippen molar-refractivity contribution < 1.29 is 26.3 Å². The van der Waals surface area contributed by atoms with E-state index in [1.165, 1.54) is 0 Å². The predicted molar refractivity (Wildman–Crippen MR) is 74.6 cm³/mol. The van der Waals surface area contributed by atoms with Gasteiger partial charge in [-0.25, -0.2) is 13.1 Å². The molecule has 120 valence electrons. The van der Waals surface area contributed by atoms with Gasteiger partial charge in [0.25, 0.3) is 0 Å². The van der Waals surface area contributed by atoms with Crippen molar-refractivity contribution in [3.8, 4) is 5.75 Å². The fourth-order valence-corrected chi connectivity index (χ4v) is 3.57. The topological polar surface area (TPSA) is 67.4 Å². The molecule has 0 bridgehead atoms. The first-order valence-electron chi connectivity index (χ1n) is 5.85. The third-order valence-electron chi connectivity index (χ3n) is 2.32. The summed E-state index contributed by atoms with van der Waals surface area (Å²) < 4.78 is 66.3. The maximum absolute atomic E-state index is 12.1. The highest BCUT2D eigenvalue weighted by atomic mass is 79.9. The number of rotatable bonds is 7. The molecule has 1 rings (SSSR count). The normalized spacial score (nSPS) is 12.4. The van der Waals surface area contributed by atoms with Gasteiger partial charge in [0.2, 0.25) is 10.0 Å². The van der Waals surface area contributed by atoms with Crippen molar-refractivity contribution in [2.24, 2.45) is 0 Å². The summed E-state index contributed by atoms with van der Waals surface area (Å²) in [6, 6.07) is 2.95. The molecular formula is C11H14BrF3N2O3S. The zero-order valence-corrected chi connectivity index (χ0v) is 13.4. The van der Waals surface area contributed by atoms with Crippen LogP contribution in [0.3, 0.4) is 0 Å². The lowest BCUT2D eigenvalue weighted by Crippen LogP contribution is -2.27. The SMILES string of the molecule is CNCCCNS(=O)(=O)c1ccc(OC(F)(F)F)cc1Br. The second-order valence-electron chi connectivity index (χ2n) is 3.99. The molecule has 0 amide bonds. The molecule has 21 heavy (non-hydrogen) atoms. The number of hydrogen-bond donors (Lipinski definition) is 2. The minimum absolute atomic E-state index is 0.00892. The molecule has 5 nitrogen and oxygen atoms in total. The van der Waals surface area contributed by atoms with Crippen molar-refractivity contribution in [3.05, 3.63) is 22.7 Å². The second-order valence-corrected chi connectivity index (χ2v) is 6.58. The van der Waals surface area contributed by atoms with Crippen LogP contribution >= 0.6 is 15.9 Å². The van der Waals surface area contributed by atoms with Crippen LogP contribution in [0.2, 0.25) is 0 Å². The number of nitrogens with one attached hydrogen (secondary N) is 2. The number of hydrogen-bond acceptors (Lipinski definition) is 4. The highest BCUT2D eigenvalue weighted by molar-refractivity contribution is 9.10. The van der Waals surface area contributed by atoms with E-state index in [0.717, 1.165) is 18.2 Å². The van der Waals surface area contributed by atoms with Crippen LogP contribution in [-0.2, 0) is 10.0 Å². The molecule has 0 fully saturated rings. The zero-order chi connectivity index (χ0) is 16.1. The van der Waals surface area contributed by atoms with Gasteiger partial charge >= 0.3 is 6.36 Å². The van der Waals surface area contributed by atoms with E-state index in [-0.39, 0.29) is 15.9 Å². The molecule has 0 spiro atoms. The third kappa shape index (κ3) is 6.20. The molecule has 1 aromatic rings. The highest BCUT2D eigenvalue weighted by Crippen LogP contribution is 2.29. The van der Waals surface area contributed by atoms with Crippen molar-refractivity contribution in [3.63, 3.8) is 0 Å². The standard InChI is InChI=1S/C11H14BrF3N2O3S/c1-16-5-2-6-17-21(18,19)10-4-3-8(7-9(10)12)20-11(13,14)15/h3-4,7,16-17H,2,5-6H2,1H3. The van der Waals surface area contributed by atoms with Crippen molar-refractivity contribution in [1.82, 2.24) is 10.0 Å². The fourth-order valence-electron chi connectivity index (χ4n) is 1.45. The van der Waals surface area contributed by atoms with Crippen LogP contribution in [0.1, 0.15) is 6.42 Å². The summed E-state index contributed by atoms with van der Waals surface area (Å²) >= 11 is 2.93. The van der Waals surface area contributed by atoms with Gasteiger partial charge in [0.15, 0.2) is 0 Å². The molecule has 10 heteroatoms. The number of ether oxygens (including phenoxy) is 1. The first-order chi connectivity index (χ1) is 9.65. The largest absolute Gasteiger partial charge is 0.573 e. The lowest BCUT2D eigenvalue weighted by Gasteiger charge is -2.12. The van der Waals surface area contributed by atoms with E-state index in [1.54, 1.807) is 7.05 Å². The highest BCUT2D eigenvalue weighted by Gasteiger charge is 2.31. The van der Waals surface area contributed by atoms with Crippen molar-refractivity contribution in [2.45, 2.75) is 17.7 Å². The number of benzene rings is 1. The summed E-state index contributed by atoms with van der Waals surface area (Å²) in [5.74, 6) is -0.497. The summed E-state index contributed by atoms with van der Waals surface area (Å²) in [6.45, 7) is 0.860. The summed E-state index contributed by atoms with van der Waals surface area (Å²) in [4.78, 5) is -0.151. The van der Waals surface area contributed by atoms with Gasteiger partial charge < -0.3 is 10.1 Å². The molecule has 2 N–H and O–H groups in total. The Hall–Kier alpha value is -0.840. The van der Waals surface area contributed by atoms with E-state index in [4.69, 9.17) is 0 Å². The molecule has 0 aromatic heterocycles. The monoisotopic (exact) mass is 390 g/mol. The van der Waals surface area contributed by atoms with Crippen molar-refractivity contribution >= 4 is 26.0 Å². The van der Waals surface area contributed by atoms with Gasteiger partial charge in [0.1, 0.15) is 5.75 Å². The van der Waals surface area contributed by atoms with Crippen molar-refractivity contribution in [2.75, 3.05) is 20.1 Å². The average molecular weight is 391 g/mol. The Morgan fingerprint density at radius 2 is 1.95 bits per heavy atom. The number of halogens is 4. The summed E-state index contributed by atoms with van der Waals surface area (Å²) in [5.41, 5.74) is 0. The Kier molecular flexibility index (Phi) is 6.44. The van der Waals surface area contributed by atoms with Crippen LogP contribution in [0.15, 0.2) is 27.6 Å². The smallest absolute Gasteiger partial charge is 0.406 e. The first-order valence-corrected chi connectivity index (χ1v) is 8.13. The van der Waals surface area contributed by atoms with E-state index in [1.807, 2.05) is 0 Å². The third-order valence-corrected chi connectivity index (χ3v) is 4.76. The Balaban J connectivity index is 2.83. The first kappa shape index (κ1) is 18.2. The van der Waals surface area contributed by atoms with E-state index in [9.17, 15) is 21.6 Å². The molecule has 0 aliphatic carbocycles. The van der Waals surface area contributed by atoms with Gasteiger partial charge in [-0.3, -0.25) is 0 Å². The van der Waals surface area contributed by atoms with Crippen LogP contribution in [0.5, 0.6) is 5.75 Å². The Morgan fingerprint density at radius 1 is 1.29 bits per heavy atom. The lowest BCUT2D eigenvalue weighted by atomic mass is 10.3. The van der Waals surface area contributed by atoms with Gasteiger partial charge in [-0.05, 0) is 54.1 Å². The van der Waals surface area contributed by atoms with Crippen LogP contribution in [0.4, 0.5) is 13.2 Å². The Bertz CT molecular complexity index is 579. The predicted octanol–water partition coefficient (Wildman–Crippen LogP) is 2.24. The van der Waals surface area contributed by atoms with Crippen LogP contribution in [0, 0.1) is 0 Å². The van der Waals surface area contributed by atoms with Crippen LogP contribution in [0.25, 0.3) is 0 Å². The minimum atomic E-state index is -4.83. The lowest BCUT2D eigenvalue weighted by molar-refractivity contribution is -0.274. The molecule has 0 atom stereocenters. The maximum atomic E-state index is 12.1. The fraction of sp³-hybridized carbons (Fsp3) is 0.455. The summed E-state index contributed by atoms with van der Waals surface area (Å²) in [7, 11) is -2.05. The van der Waals surface area contributed by atoms with E-state index in [0.29, 0.717) is 13.0 Å². The van der Waals surface area contributed by atoms with Gasteiger partial charge in [-0.1, -0.05) is 0 Å². The Labute approximate surface area is 129 Å². The number of sulfonamides is 1. The number of alkyl halides is 3. The molecule has 0 unspecified atom stereocenters. The van der Waals surface area contributed by atoms with Gasteiger partial charge in [0, 0.05) is 11.0 Å². The molecule has 0 saturated heterocycles.